The summed E-state index contributed by atoms with van der Waals surface area (Å²) in [4.78, 5) is 13.6. The van der Waals surface area contributed by atoms with Gasteiger partial charge in [-0.15, -0.1) is 0 Å². The molecule has 3 heteroatoms. The van der Waals surface area contributed by atoms with Crippen LogP contribution >= 0.6 is 11.8 Å². The van der Waals surface area contributed by atoms with Gasteiger partial charge in [0.25, 0.3) is 5.24 Å². The maximum atomic E-state index is 11.8. The molecule has 0 aliphatic heterocycles. The molecule has 0 N–H and O–H groups in total. The highest BCUT2D eigenvalue weighted by atomic mass is 32.2. The van der Waals surface area contributed by atoms with Crippen molar-refractivity contribution >= 4 is 17.0 Å². The zero-order chi connectivity index (χ0) is 12.0. The van der Waals surface area contributed by atoms with Crippen LogP contribution in [-0.2, 0) is 0 Å². The minimum Gasteiger partial charge on any atom is -0.330 e. The van der Waals surface area contributed by atoms with Crippen LogP contribution in [0.15, 0.2) is 30.3 Å². The van der Waals surface area contributed by atoms with E-state index in [1.165, 1.54) is 17.3 Å². The lowest BCUT2D eigenvalue weighted by atomic mass is 10.0. The van der Waals surface area contributed by atoms with Gasteiger partial charge in [-0.2, -0.15) is 0 Å². The SMILES string of the molecule is CCSC(=O)N(C)C(CC)c1ccccc1. The summed E-state index contributed by atoms with van der Waals surface area (Å²) >= 11 is 1.36. The molecular weight excluding hydrogens is 218 g/mol. The molecule has 16 heavy (non-hydrogen) atoms. The normalized spacial score (nSPS) is 12.2. The van der Waals surface area contributed by atoms with Crippen molar-refractivity contribution in [3.8, 4) is 0 Å². The van der Waals surface area contributed by atoms with Crippen molar-refractivity contribution in [1.82, 2.24) is 4.90 Å². The van der Waals surface area contributed by atoms with Crippen LogP contribution in [0.3, 0.4) is 0 Å². The zero-order valence-corrected chi connectivity index (χ0v) is 11.0. The van der Waals surface area contributed by atoms with Gasteiger partial charge in [0.2, 0.25) is 0 Å². The molecular formula is C13H19NOS. The predicted octanol–water partition coefficient (Wildman–Crippen LogP) is 3.94. The number of hydrogen-bond acceptors (Lipinski definition) is 2. The minimum atomic E-state index is 0.151. The van der Waals surface area contributed by atoms with E-state index >= 15 is 0 Å². The van der Waals surface area contributed by atoms with Crippen LogP contribution < -0.4 is 0 Å². The lowest BCUT2D eigenvalue weighted by Crippen LogP contribution is -2.27. The molecule has 1 rings (SSSR count). The van der Waals surface area contributed by atoms with E-state index in [1.807, 2.05) is 37.1 Å². The molecule has 0 saturated carbocycles. The lowest BCUT2D eigenvalue weighted by Gasteiger charge is -2.27. The fourth-order valence-electron chi connectivity index (χ4n) is 1.76. The van der Waals surface area contributed by atoms with Gasteiger partial charge in [0.15, 0.2) is 0 Å². The van der Waals surface area contributed by atoms with Crippen LogP contribution in [0.4, 0.5) is 4.79 Å². The van der Waals surface area contributed by atoms with Crippen molar-refractivity contribution < 1.29 is 4.79 Å². The third kappa shape index (κ3) is 3.27. The number of carbonyl (C=O) groups excluding carboxylic acids is 1. The zero-order valence-electron chi connectivity index (χ0n) is 10.1. The van der Waals surface area contributed by atoms with Crippen LogP contribution in [-0.4, -0.2) is 22.9 Å². The topological polar surface area (TPSA) is 20.3 Å². The molecule has 0 bridgehead atoms. The molecule has 1 atom stereocenters. The quantitative estimate of drug-likeness (QED) is 0.790. The third-order valence-electron chi connectivity index (χ3n) is 2.59. The van der Waals surface area contributed by atoms with E-state index in [0.29, 0.717) is 0 Å². The summed E-state index contributed by atoms with van der Waals surface area (Å²) in [5.74, 6) is 0.828. The Hall–Kier alpha value is -0.960. The Labute approximate surface area is 102 Å². The number of benzene rings is 1. The van der Waals surface area contributed by atoms with Crippen LogP contribution in [0.25, 0.3) is 0 Å². The van der Waals surface area contributed by atoms with Crippen LogP contribution in [0.2, 0.25) is 0 Å². The third-order valence-corrected chi connectivity index (χ3v) is 3.42. The minimum absolute atomic E-state index is 0.151. The van der Waals surface area contributed by atoms with E-state index in [0.717, 1.165) is 12.2 Å². The average molecular weight is 237 g/mol. The summed E-state index contributed by atoms with van der Waals surface area (Å²) in [5, 5.41) is 0.151. The van der Waals surface area contributed by atoms with Crippen LogP contribution in [0.1, 0.15) is 31.9 Å². The van der Waals surface area contributed by atoms with Crippen molar-refractivity contribution in [2.24, 2.45) is 0 Å². The summed E-state index contributed by atoms with van der Waals surface area (Å²) < 4.78 is 0. The molecule has 0 aliphatic carbocycles. The summed E-state index contributed by atoms with van der Waals surface area (Å²) in [6.45, 7) is 4.11. The predicted molar refractivity (Wildman–Crippen MR) is 70.8 cm³/mol. The molecule has 1 aromatic rings. The van der Waals surface area contributed by atoms with Gasteiger partial charge in [0.05, 0.1) is 6.04 Å². The largest absolute Gasteiger partial charge is 0.330 e. The Bertz CT molecular complexity index is 326. The summed E-state index contributed by atoms with van der Waals surface area (Å²) in [7, 11) is 1.88. The van der Waals surface area contributed by atoms with Crippen molar-refractivity contribution in [2.45, 2.75) is 26.3 Å². The number of carbonyl (C=O) groups is 1. The smallest absolute Gasteiger partial charge is 0.281 e. The van der Waals surface area contributed by atoms with E-state index in [9.17, 15) is 4.79 Å². The lowest BCUT2D eigenvalue weighted by molar-refractivity contribution is 0.214. The first-order valence-corrected chi connectivity index (χ1v) is 6.63. The first-order chi connectivity index (χ1) is 7.70. The second kappa shape index (κ2) is 6.59. The highest BCUT2D eigenvalue weighted by Crippen LogP contribution is 2.25. The van der Waals surface area contributed by atoms with E-state index in [1.54, 1.807) is 0 Å². The van der Waals surface area contributed by atoms with Gasteiger partial charge in [-0.25, -0.2) is 0 Å². The highest BCUT2D eigenvalue weighted by molar-refractivity contribution is 8.13. The molecule has 2 nitrogen and oxygen atoms in total. The fourth-order valence-corrected chi connectivity index (χ4v) is 2.34. The Morgan fingerprint density at radius 2 is 1.94 bits per heavy atom. The van der Waals surface area contributed by atoms with Crippen molar-refractivity contribution in [3.63, 3.8) is 0 Å². The second-order valence-electron chi connectivity index (χ2n) is 3.64. The number of thioether (sulfide) groups is 1. The van der Waals surface area contributed by atoms with Gasteiger partial charge < -0.3 is 4.90 Å². The summed E-state index contributed by atoms with van der Waals surface area (Å²) in [6.07, 6.45) is 0.941. The molecule has 0 aromatic heterocycles. The second-order valence-corrected chi connectivity index (χ2v) is 4.86. The standard InChI is InChI=1S/C13H19NOS/c1-4-12(11-9-7-6-8-10-11)14(3)13(15)16-5-2/h6-10,12H,4-5H2,1-3H3. The van der Waals surface area contributed by atoms with Crippen LogP contribution in [0.5, 0.6) is 0 Å². The van der Waals surface area contributed by atoms with Crippen molar-refractivity contribution in [1.29, 1.82) is 0 Å². The van der Waals surface area contributed by atoms with Gasteiger partial charge >= 0.3 is 0 Å². The van der Waals surface area contributed by atoms with Crippen LogP contribution in [0, 0.1) is 0 Å². The molecule has 1 unspecified atom stereocenters. The molecule has 1 amide bonds. The maximum Gasteiger partial charge on any atom is 0.281 e. The van der Waals surface area contributed by atoms with Gasteiger partial charge in [0.1, 0.15) is 0 Å². The number of amides is 1. The molecule has 88 valence electrons. The van der Waals surface area contributed by atoms with Crippen molar-refractivity contribution in [3.05, 3.63) is 35.9 Å². The van der Waals surface area contributed by atoms with Gasteiger partial charge in [-0.1, -0.05) is 55.9 Å². The Morgan fingerprint density at radius 3 is 2.44 bits per heavy atom. The average Bonchev–Trinajstić information content (AvgIpc) is 2.31. The number of nitrogens with zero attached hydrogens (tertiary/aromatic N) is 1. The first kappa shape index (κ1) is 13.1. The summed E-state index contributed by atoms with van der Waals surface area (Å²) in [6, 6.07) is 10.4. The first-order valence-electron chi connectivity index (χ1n) is 5.65. The molecule has 0 fully saturated rings. The van der Waals surface area contributed by atoms with Gasteiger partial charge in [-0.3, -0.25) is 4.79 Å². The van der Waals surface area contributed by atoms with E-state index < -0.39 is 0 Å². The number of hydrogen-bond donors (Lipinski definition) is 0. The fraction of sp³-hybridized carbons (Fsp3) is 0.462. The van der Waals surface area contributed by atoms with Gasteiger partial charge in [-0.05, 0) is 17.7 Å². The monoisotopic (exact) mass is 237 g/mol. The molecule has 0 saturated heterocycles. The van der Waals surface area contributed by atoms with E-state index in [-0.39, 0.29) is 11.3 Å². The Kier molecular flexibility index (Phi) is 5.39. The van der Waals surface area contributed by atoms with E-state index in [2.05, 4.69) is 19.1 Å². The van der Waals surface area contributed by atoms with Gasteiger partial charge in [0, 0.05) is 7.05 Å². The summed E-state index contributed by atoms with van der Waals surface area (Å²) in [5.41, 5.74) is 1.21. The van der Waals surface area contributed by atoms with Crippen molar-refractivity contribution in [2.75, 3.05) is 12.8 Å². The Balaban J connectivity index is 2.78. The Morgan fingerprint density at radius 1 is 1.31 bits per heavy atom. The van der Waals surface area contributed by atoms with E-state index in [4.69, 9.17) is 0 Å². The molecule has 0 aliphatic rings. The molecule has 0 radical (unpaired) electrons. The number of rotatable bonds is 4. The molecule has 0 spiro atoms. The maximum absolute atomic E-state index is 11.8. The highest BCUT2D eigenvalue weighted by Gasteiger charge is 2.19. The molecule has 0 heterocycles. The molecule has 1 aromatic carbocycles.